The molecular formula is C14H18Cl2N6O3. The minimum atomic E-state index is -0.525. The molecule has 0 spiro atoms. The highest BCUT2D eigenvalue weighted by molar-refractivity contribution is 6.41. The van der Waals surface area contributed by atoms with Gasteiger partial charge >= 0.3 is 5.69 Å². The van der Waals surface area contributed by atoms with Crippen molar-refractivity contribution in [3.63, 3.8) is 0 Å². The third-order valence-electron chi connectivity index (χ3n) is 3.58. The first-order valence-corrected chi connectivity index (χ1v) is 8.38. The summed E-state index contributed by atoms with van der Waals surface area (Å²) in [6, 6.07) is 0. The van der Waals surface area contributed by atoms with Gasteiger partial charge in [0.1, 0.15) is 22.6 Å². The van der Waals surface area contributed by atoms with Gasteiger partial charge in [0.15, 0.2) is 0 Å². The van der Waals surface area contributed by atoms with Crippen LogP contribution in [0.3, 0.4) is 0 Å². The molecule has 11 heteroatoms. The number of amides is 1. The quantitative estimate of drug-likeness (QED) is 0.424. The van der Waals surface area contributed by atoms with Gasteiger partial charge in [0.25, 0.3) is 0 Å². The minimum Gasteiger partial charge on any atom is -0.356 e. The molecule has 2 rings (SSSR count). The average molecular weight is 389 g/mol. The van der Waals surface area contributed by atoms with E-state index in [4.69, 9.17) is 23.2 Å². The summed E-state index contributed by atoms with van der Waals surface area (Å²) >= 11 is 12.0. The van der Waals surface area contributed by atoms with Gasteiger partial charge in [-0.25, -0.2) is 0 Å². The van der Waals surface area contributed by atoms with Gasteiger partial charge in [0.05, 0.1) is 23.1 Å². The van der Waals surface area contributed by atoms with Crippen LogP contribution < -0.4 is 5.32 Å². The maximum atomic E-state index is 12.1. The van der Waals surface area contributed by atoms with Crippen molar-refractivity contribution in [3.8, 4) is 0 Å². The molecule has 0 saturated carbocycles. The topological polar surface area (TPSA) is 108 Å². The highest BCUT2D eigenvalue weighted by atomic mass is 35.5. The lowest BCUT2D eigenvalue weighted by Gasteiger charge is -2.12. The van der Waals surface area contributed by atoms with Gasteiger partial charge in [0, 0.05) is 13.1 Å². The highest BCUT2D eigenvalue weighted by Gasteiger charge is 2.16. The van der Waals surface area contributed by atoms with Crippen LogP contribution in [0.25, 0.3) is 0 Å². The van der Waals surface area contributed by atoms with E-state index in [0.29, 0.717) is 35.4 Å². The molecule has 9 nitrogen and oxygen atoms in total. The molecule has 0 aliphatic rings. The number of nitrogens with one attached hydrogen (secondary N) is 1. The molecule has 1 atom stereocenters. The van der Waals surface area contributed by atoms with Crippen LogP contribution in [0.4, 0.5) is 5.69 Å². The van der Waals surface area contributed by atoms with Crippen LogP contribution in [0.5, 0.6) is 0 Å². The van der Waals surface area contributed by atoms with Crippen molar-refractivity contribution in [1.82, 2.24) is 24.9 Å². The summed E-state index contributed by atoms with van der Waals surface area (Å²) in [6.45, 7) is 4.76. The molecule has 2 heterocycles. The van der Waals surface area contributed by atoms with Gasteiger partial charge in [0.2, 0.25) is 5.91 Å². The number of nitrogens with zero attached hydrogens (tertiary/aromatic N) is 5. The van der Waals surface area contributed by atoms with Crippen molar-refractivity contribution in [3.05, 3.63) is 38.4 Å². The van der Waals surface area contributed by atoms with E-state index in [9.17, 15) is 14.9 Å². The lowest BCUT2D eigenvalue weighted by Crippen LogP contribution is -2.32. The number of carbonyl (C=O) groups excluding carboxylic acids is 1. The maximum Gasteiger partial charge on any atom is 0.306 e. The number of halogens is 2. The number of carbonyl (C=O) groups is 1. The van der Waals surface area contributed by atoms with E-state index >= 15 is 0 Å². The zero-order valence-corrected chi connectivity index (χ0v) is 15.3. The fourth-order valence-corrected chi connectivity index (χ4v) is 2.60. The number of nitro groups is 1. The standard InChI is InChI=1S/C14H18Cl2N6O3/c1-9(7-20-8-11(6-18-20)22(24)25)14(23)17-4-3-5-21-13(16)12(15)10(2)19-21/h6,8-9H,3-5,7H2,1-2H3,(H,17,23). The molecule has 1 N–H and O–H groups in total. The van der Waals surface area contributed by atoms with E-state index in [1.165, 1.54) is 10.9 Å². The van der Waals surface area contributed by atoms with E-state index in [2.05, 4.69) is 15.5 Å². The van der Waals surface area contributed by atoms with Crippen molar-refractivity contribution in [2.24, 2.45) is 5.92 Å². The second-order valence-electron chi connectivity index (χ2n) is 5.64. The SMILES string of the molecule is Cc1nn(CCCNC(=O)C(C)Cn2cc([N+](=O)[O-])cn2)c(Cl)c1Cl. The predicted octanol–water partition coefficient (Wildman–Crippen LogP) is 2.45. The monoisotopic (exact) mass is 388 g/mol. The van der Waals surface area contributed by atoms with E-state index < -0.39 is 4.92 Å². The van der Waals surface area contributed by atoms with E-state index in [0.717, 1.165) is 6.20 Å². The van der Waals surface area contributed by atoms with Gasteiger partial charge in [-0.15, -0.1) is 0 Å². The third kappa shape index (κ3) is 4.93. The van der Waals surface area contributed by atoms with Crippen LogP contribution in [0, 0.1) is 23.0 Å². The largest absolute Gasteiger partial charge is 0.356 e. The summed E-state index contributed by atoms with van der Waals surface area (Å²) < 4.78 is 2.98. The normalized spacial score (nSPS) is 12.2. The van der Waals surface area contributed by atoms with Gasteiger partial charge in [-0.2, -0.15) is 10.2 Å². The molecule has 0 aliphatic heterocycles. The van der Waals surface area contributed by atoms with Crippen molar-refractivity contribution in [1.29, 1.82) is 0 Å². The molecule has 0 radical (unpaired) electrons. The van der Waals surface area contributed by atoms with Crippen molar-refractivity contribution < 1.29 is 9.72 Å². The molecule has 0 aliphatic carbocycles. The summed E-state index contributed by atoms with van der Waals surface area (Å²) in [5, 5.41) is 22.3. The molecule has 1 amide bonds. The molecule has 25 heavy (non-hydrogen) atoms. The number of hydrogen-bond donors (Lipinski definition) is 1. The first-order valence-electron chi connectivity index (χ1n) is 7.62. The molecule has 0 saturated heterocycles. The fourth-order valence-electron chi connectivity index (χ4n) is 2.20. The van der Waals surface area contributed by atoms with Crippen LogP contribution in [-0.2, 0) is 17.9 Å². The smallest absolute Gasteiger partial charge is 0.306 e. The molecule has 0 bridgehead atoms. The number of hydrogen-bond acceptors (Lipinski definition) is 5. The summed E-state index contributed by atoms with van der Waals surface area (Å²) in [6.07, 6.45) is 3.10. The van der Waals surface area contributed by atoms with Crippen LogP contribution in [0.15, 0.2) is 12.4 Å². The Morgan fingerprint density at radius 3 is 2.76 bits per heavy atom. The molecular weight excluding hydrogens is 371 g/mol. The van der Waals surface area contributed by atoms with E-state index in [1.54, 1.807) is 18.5 Å². The average Bonchev–Trinajstić information content (AvgIpc) is 3.12. The molecule has 1 unspecified atom stereocenters. The highest BCUT2D eigenvalue weighted by Crippen LogP contribution is 2.24. The summed E-state index contributed by atoms with van der Waals surface area (Å²) in [7, 11) is 0. The summed E-state index contributed by atoms with van der Waals surface area (Å²) in [5.41, 5.74) is 0.565. The lowest BCUT2D eigenvalue weighted by atomic mass is 10.1. The Morgan fingerprint density at radius 2 is 2.20 bits per heavy atom. The van der Waals surface area contributed by atoms with Gasteiger partial charge in [-0.3, -0.25) is 24.3 Å². The molecule has 2 aromatic rings. The minimum absolute atomic E-state index is 0.0994. The first-order chi connectivity index (χ1) is 11.8. The molecule has 136 valence electrons. The Kier molecular flexibility index (Phi) is 6.38. The fraction of sp³-hybridized carbons (Fsp3) is 0.500. The van der Waals surface area contributed by atoms with E-state index in [1.807, 2.05) is 0 Å². The van der Waals surface area contributed by atoms with Crippen LogP contribution in [0.1, 0.15) is 19.0 Å². The van der Waals surface area contributed by atoms with E-state index in [-0.39, 0.29) is 24.1 Å². The molecule has 0 fully saturated rings. The Morgan fingerprint density at radius 1 is 1.48 bits per heavy atom. The molecule has 0 aromatic carbocycles. The zero-order chi connectivity index (χ0) is 18.6. The Labute approximate surface area is 154 Å². The van der Waals surface area contributed by atoms with Crippen molar-refractivity contribution >= 4 is 34.8 Å². The lowest BCUT2D eigenvalue weighted by molar-refractivity contribution is -0.385. The van der Waals surface area contributed by atoms with Crippen molar-refractivity contribution in [2.75, 3.05) is 6.54 Å². The number of aryl methyl sites for hydroxylation is 2. The summed E-state index contributed by atoms with van der Waals surface area (Å²) in [4.78, 5) is 22.2. The predicted molar refractivity (Wildman–Crippen MR) is 92.7 cm³/mol. The zero-order valence-electron chi connectivity index (χ0n) is 13.8. The Balaban J connectivity index is 1.75. The van der Waals surface area contributed by atoms with Crippen LogP contribution >= 0.6 is 23.2 Å². The number of aromatic nitrogens is 4. The Bertz CT molecular complexity index is 773. The molecule has 2 aromatic heterocycles. The summed E-state index contributed by atoms with van der Waals surface area (Å²) in [5.74, 6) is -0.525. The second-order valence-corrected chi connectivity index (χ2v) is 6.37. The van der Waals surface area contributed by atoms with Crippen LogP contribution in [-0.4, -0.2) is 36.9 Å². The second kappa shape index (κ2) is 8.30. The van der Waals surface area contributed by atoms with Gasteiger partial charge < -0.3 is 5.32 Å². The van der Waals surface area contributed by atoms with Gasteiger partial charge in [-0.1, -0.05) is 30.1 Å². The first kappa shape index (κ1) is 19.2. The van der Waals surface area contributed by atoms with Gasteiger partial charge in [-0.05, 0) is 13.3 Å². The Hall–Kier alpha value is -2.13. The third-order valence-corrected chi connectivity index (χ3v) is 4.51. The number of rotatable bonds is 8. The maximum absolute atomic E-state index is 12.1. The van der Waals surface area contributed by atoms with Crippen LogP contribution in [0.2, 0.25) is 10.2 Å². The van der Waals surface area contributed by atoms with Crippen molar-refractivity contribution in [2.45, 2.75) is 33.4 Å².